The van der Waals surface area contributed by atoms with Crippen LogP contribution >= 0.6 is 0 Å². The highest BCUT2D eigenvalue weighted by atomic mass is 16.2. The summed E-state index contributed by atoms with van der Waals surface area (Å²) in [5.74, 6) is 5.20. The van der Waals surface area contributed by atoms with Crippen LogP contribution in [-0.4, -0.2) is 27.4 Å². The Bertz CT molecular complexity index is 1440. The number of carbonyl (C=O) groups is 1. The fourth-order valence-electron chi connectivity index (χ4n) is 9.90. The Balaban J connectivity index is 1.16. The van der Waals surface area contributed by atoms with E-state index in [1.54, 1.807) is 0 Å². The van der Waals surface area contributed by atoms with Crippen molar-refractivity contribution < 1.29 is 4.79 Å². The van der Waals surface area contributed by atoms with Gasteiger partial charge in [0.15, 0.2) is 0 Å². The molecule has 1 aromatic heterocycles. The molecule has 4 aliphatic carbocycles. The summed E-state index contributed by atoms with van der Waals surface area (Å²) in [6, 6.07) is 17.3. The van der Waals surface area contributed by atoms with E-state index in [9.17, 15) is 4.79 Å². The first-order valence-electron chi connectivity index (χ1n) is 14.3. The number of aromatic nitrogens is 1. The number of carbonyl (C=O) groups excluding carboxylic acids is 1. The monoisotopic (exact) mass is 489 g/mol. The molecule has 0 saturated heterocycles. The van der Waals surface area contributed by atoms with E-state index in [2.05, 4.69) is 71.7 Å². The molecule has 2 bridgehead atoms. The summed E-state index contributed by atoms with van der Waals surface area (Å²) in [5, 5.41) is 5.28. The summed E-state index contributed by atoms with van der Waals surface area (Å²) in [7, 11) is 0. The van der Waals surface area contributed by atoms with Crippen molar-refractivity contribution in [3.63, 3.8) is 0 Å². The highest BCUT2D eigenvalue weighted by molar-refractivity contribution is 5.95. The van der Waals surface area contributed by atoms with Gasteiger partial charge in [0.1, 0.15) is 0 Å². The van der Waals surface area contributed by atoms with Gasteiger partial charge in [0, 0.05) is 33.9 Å². The van der Waals surface area contributed by atoms with Gasteiger partial charge in [0.25, 0.3) is 5.91 Å². The van der Waals surface area contributed by atoms with Gasteiger partial charge in [-0.2, -0.15) is 0 Å². The second kappa shape index (κ2) is 7.44. The van der Waals surface area contributed by atoms with Gasteiger partial charge < -0.3 is 15.2 Å². The zero-order valence-corrected chi connectivity index (χ0v) is 21.6. The number of hydrogen-bond donors (Lipinski definition) is 2. The minimum Gasteiger partial charge on any atom is -0.380 e. The smallest absolute Gasteiger partial charge is 0.299 e. The van der Waals surface area contributed by atoms with Crippen molar-refractivity contribution in [2.45, 2.75) is 75.9 Å². The van der Waals surface area contributed by atoms with E-state index in [1.165, 1.54) is 48.7 Å². The first-order valence-corrected chi connectivity index (χ1v) is 14.3. The van der Waals surface area contributed by atoms with Crippen molar-refractivity contribution in [2.75, 3.05) is 5.32 Å². The number of para-hydroxylation sites is 1. The molecule has 2 N–H and O–H groups in total. The van der Waals surface area contributed by atoms with Crippen molar-refractivity contribution in [2.24, 2.45) is 23.2 Å². The van der Waals surface area contributed by atoms with E-state index in [-0.39, 0.29) is 18.0 Å². The topological polar surface area (TPSA) is 48.1 Å². The summed E-state index contributed by atoms with van der Waals surface area (Å²) in [4.78, 5) is 18.9. The zero-order valence-electron chi connectivity index (χ0n) is 21.6. The number of terminal acetylenes is 1. The Kier molecular flexibility index (Phi) is 4.39. The highest BCUT2D eigenvalue weighted by Gasteiger charge is 2.77. The summed E-state index contributed by atoms with van der Waals surface area (Å²) in [6.45, 7) is 2.18. The number of nitrogens with one attached hydrogen (secondary N) is 2. The minimum atomic E-state index is -0.217. The van der Waals surface area contributed by atoms with E-state index in [0.29, 0.717) is 11.0 Å². The Labute approximate surface area is 219 Å². The molecule has 1 amide bonds. The summed E-state index contributed by atoms with van der Waals surface area (Å²) in [6.07, 6.45) is 15.6. The van der Waals surface area contributed by atoms with Gasteiger partial charge in [-0.3, -0.25) is 4.79 Å². The van der Waals surface area contributed by atoms with Gasteiger partial charge in [-0.1, -0.05) is 43.7 Å². The fraction of sp³-hybridized carbons (Fsp3) is 0.485. The number of hydrogen-bond acceptors (Lipinski definition) is 2. The van der Waals surface area contributed by atoms with Gasteiger partial charge in [-0.25, -0.2) is 0 Å². The average molecular weight is 490 g/mol. The summed E-state index contributed by atoms with van der Waals surface area (Å²) in [5.41, 5.74) is 6.92. The molecule has 188 valence electrons. The molecule has 2 heterocycles. The van der Waals surface area contributed by atoms with Crippen LogP contribution in [0.4, 0.5) is 5.69 Å². The van der Waals surface area contributed by atoms with Crippen LogP contribution in [-0.2, 0) is 11.2 Å². The molecule has 2 aromatic carbocycles. The largest absolute Gasteiger partial charge is 0.380 e. The van der Waals surface area contributed by atoms with Crippen molar-refractivity contribution in [1.82, 2.24) is 9.88 Å². The number of rotatable bonds is 5. The number of amides is 1. The normalized spacial score (nSPS) is 36.3. The molecule has 2 unspecified atom stereocenters. The Hall–Kier alpha value is -3.19. The number of nitrogens with zero attached hydrogens (tertiary/aromatic N) is 1. The maximum Gasteiger partial charge on any atom is 0.299 e. The van der Waals surface area contributed by atoms with Crippen LogP contribution in [0.25, 0.3) is 10.9 Å². The summed E-state index contributed by atoms with van der Waals surface area (Å²) >= 11 is 0. The molecule has 1 aliphatic heterocycles. The number of anilines is 1. The maximum atomic E-state index is 13.2. The molecular weight excluding hydrogens is 454 g/mol. The number of aromatic amines is 1. The molecule has 1 spiro atoms. The first-order chi connectivity index (χ1) is 18.0. The van der Waals surface area contributed by atoms with Crippen LogP contribution in [0.15, 0.2) is 48.5 Å². The van der Waals surface area contributed by atoms with E-state index in [1.807, 2.05) is 4.90 Å². The van der Waals surface area contributed by atoms with Gasteiger partial charge in [-0.05, 0) is 103 Å². The van der Waals surface area contributed by atoms with E-state index >= 15 is 0 Å². The van der Waals surface area contributed by atoms with E-state index in [4.69, 9.17) is 6.42 Å². The van der Waals surface area contributed by atoms with Crippen molar-refractivity contribution in [1.29, 1.82) is 0 Å². The van der Waals surface area contributed by atoms with Crippen LogP contribution in [0.2, 0.25) is 0 Å². The van der Waals surface area contributed by atoms with Crippen LogP contribution in [0.5, 0.6) is 0 Å². The third-order valence-electron chi connectivity index (χ3n) is 11.2. The van der Waals surface area contributed by atoms with Crippen LogP contribution in [0.3, 0.4) is 0 Å². The van der Waals surface area contributed by atoms with Crippen molar-refractivity contribution in [3.8, 4) is 12.3 Å². The molecule has 3 aromatic rings. The number of fused-ring (bicyclic) bond motifs is 4. The lowest BCUT2D eigenvalue weighted by Crippen LogP contribution is -2.59. The van der Waals surface area contributed by atoms with Gasteiger partial charge >= 0.3 is 0 Å². The molecule has 4 heteroatoms. The molecule has 8 rings (SSSR count). The fourth-order valence-corrected chi connectivity index (χ4v) is 9.90. The quantitative estimate of drug-likeness (QED) is 0.406. The lowest BCUT2D eigenvalue weighted by molar-refractivity contribution is -0.175. The second-order valence-corrected chi connectivity index (χ2v) is 12.8. The van der Waals surface area contributed by atoms with Crippen LogP contribution in [0, 0.1) is 35.5 Å². The van der Waals surface area contributed by atoms with E-state index < -0.39 is 0 Å². The molecule has 4 fully saturated rings. The predicted octanol–water partition coefficient (Wildman–Crippen LogP) is 6.43. The third-order valence-corrected chi connectivity index (χ3v) is 11.2. The minimum absolute atomic E-state index is 0.0945. The van der Waals surface area contributed by atoms with Crippen LogP contribution in [0.1, 0.15) is 74.7 Å². The number of H-pyrrole nitrogens is 1. The highest BCUT2D eigenvalue weighted by Crippen LogP contribution is 2.82. The Morgan fingerprint density at radius 1 is 1.11 bits per heavy atom. The standard InChI is InChI=1S/C33H35N3O/c1-3-7-25-16-27-26-8-5-6-9-28(26)34-30(27)31(36(25)29(37)4-2)20-10-12-24(13-11-20)35-32-17-22-14-21-15-23(18-32)33(21,22)19-32/h2,5-6,8-13,21-23,25,31,34-35H,3,7,14-19H2,1H3/t21?,22?,23?,25-,31-,32?,33?/m0/s1. The predicted molar refractivity (Wildman–Crippen MR) is 147 cm³/mol. The third kappa shape index (κ3) is 2.78. The Morgan fingerprint density at radius 3 is 2.54 bits per heavy atom. The zero-order chi connectivity index (χ0) is 24.9. The SMILES string of the molecule is C#CC(=O)N1[C@@H](CCC)Cc2c([nH]c3ccccc23)[C@@H]1c1ccc(NC23CC4CC5CC(C2)C54C3)cc1. The first kappa shape index (κ1) is 21.9. The average Bonchev–Trinajstić information content (AvgIpc) is 3.52. The molecule has 4 saturated carbocycles. The van der Waals surface area contributed by atoms with Gasteiger partial charge in [-0.15, -0.1) is 6.42 Å². The van der Waals surface area contributed by atoms with Gasteiger partial charge in [0.2, 0.25) is 0 Å². The second-order valence-electron chi connectivity index (χ2n) is 12.8. The Morgan fingerprint density at radius 2 is 1.86 bits per heavy atom. The molecule has 5 aliphatic rings. The maximum absolute atomic E-state index is 13.2. The van der Waals surface area contributed by atoms with Crippen LogP contribution < -0.4 is 5.32 Å². The molecule has 4 nitrogen and oxygen atoms in total. The number of benzene rings is 2. The lowest BCUT2D eigenvalue weighted by Gasteiger charge is -2.66. The van der Waals surface area contributed by atoms with E-state index in [0.717, 1.165) is 53.8 Å². The lowest BCUT2D eigenvalue weighted by atomic mass is 9.38. The molecule has 4 atom stereocenters. The summed E-state index contributed by atoms with van der Waals surface area (Å²) < 4.78 is 0. The van der Waals surface area contributed by atoms with Crippen molar-refractivity contribution in [3.05, 3.63) is 65.4 Å². The molecule has 37 heavy (non-hydrogen) atoms. The molecular formula is C33H35N3O. The van der Waals surface area contributed by atoms with Gasteiger partial charge in [0.05, 0.1) is 6.04 Å². The van der Waals surface area contributed by atoms with Crippen molar-refractivity contribution >= 4 is 22.5 Å². The molecule has 0 radical (unpaired) electrons.